The van der Waals surface area contributed by atoms with Gasteiger partial charge in [-0.05, 0) is 27.1 Å². The topological polar surface area (TPSA) is 56.6 Å². The van der Waals surface area contributed by atoms with Crippen LogP contribution in [0.3, 0.4) is 0 Å². The molecule has 1 atom stereocenters. The van der Waals surface area contributed by atoms with Crippen molar-refractivity contribution in [2.45, 2.75) is 12.5 Å². The van der Waals surface area contributed by atoms with Gasteiger partial charge in [0.2, 0.25) is 6.10 Å². The van der Waals surface area contributed by atoms with E-state index in [0.717, 1.165) is 13.0 Å². The summed E-state index contributed by atoms with van der Waals surface area (Å²) in [7, 11) is 3.97. The monoisotopic (exact) mass is 197 g/mol. The second-order valence-electron chi connectivity index (χ2n) is 3.60. The van der Waals surface area contributed by atoms with Crippen molar-refractivity contribution in [2.75, 3.05) is 33.7 Å². The number of carbonyl (C=O) groups is 1. The van der Waals surface area contributed by atoms with Crippen molar-refractivity contribution in [3.05, 3.63) is 0 Å². The SMILES string of the molecule is CN(C)CCCN1CC(C#N)OC1=O. The van der Waals surface area contributed by atoms with Crippen LogP contribution in [0.2, 0.25) is 0 Å². The zero-order chi connectivity index (χ0) is 10.6. The van der Waals surface area contributed by atoms with Crippen molar-refractivity contribution in [2.24, 2.45) is 0 Å². The van der Waals surface area contributed by atoms with Gasteiger partial charge in [-0.25, -0.2) is 4.79 Å². The number of carbonyl (C=O) groups excluding carboxylic acids is 1. The second-order valence-corrected chi connectivity index (χ2v) is 3.60. The molecule has 5 heteroatoms. The lowest BCUT2D eigenvalue weighted by molar-refractivity contribution is 0.146. The highest BCUT2D eigenvalue weighted by atomic mass is 16.6. The minimum absolute atomic E-state index is 0.365. The summed E-state index contributed by atoms with van der Waals surface area (Å²) in [4.78, 5) is 14.8. The molecule has 0 N–H and O–H groups in total. The molecule has 0 saturated carbocycles. The molecule has 1 unspecified atom stereocenters. The molecule has 14 heavy (non-hydrogen) atoms. The first-order valence-electron chi connectivity index (χ1n) is 4.63. The first kappa shape index (κ1) is 10.8. The van der Waals surface area contributed by atoms with Crippen LogP contribution in [0.1, 0.15) is 6.42 Å². The van der Waals surface area contributed by atoms with E-state index in [2.05, 4.69) is 4.90 Å². The van der Waals surface area contributed by atoms with Crippen LogP contribution in [0.4, 0.5) is 4.79 Å². The Labute approximate surface area is 83.8 Å². The van der Waals surface area contributed by atoms with E-state index in [4.69, 9.17) is 10.00 Å². The Morgan fingerprint density at radius 1 is 1.71 bits per heavy atom. The molecular formula is C9H15N3O2. The average molecular weight is 197 g/mol. The van der Waals surface area contributed by atoms with Crippen molar-refractivity contribution >= 4 is 6.09 Å². The molecule has 0 aromatic rings. The summed E-state index contributed by atoms with van der Waals surface area (Å²) < 4.78 is 4.79. The van der Waals surface area contributed by atoms with Gasteiger partial charge in [0.1, 0.15) is 6.07 Å². The molecule has 0 aromatic carbocycles. The summed E-state index contributed by atoms with van der Waals surface area (Å²) in [5.74, 6) is 0. The average Bonchev–Trinajstić information content (AvgIpc) is 2.47. The lowest BCUT2D eigenvalue weighted by Crippen LogP contribution is -2.28. The van der Waals surface area contributed by atoms with Crippen molar-refractivity contribution in [3.8, 4) is 6.07 Å². The fraction of sp³-hybridized carbons (Fsp3) is 0.778. The molecule has 5 nitrogen and oxygen atoms in total. The van der Waals surface area contributed by atoms with E-state index in [0.29, 0.717) is 13.1 Å². The Kier molecular flexibility index (Phi) is 3.72. The number of ether oxygens (including phenoxy) is 1. The molecule has 0 bridgehead atoms. The van der Waals surface area contributed by atoms with Crippen LogP contribution in [0.5, 0.6) is 0 Å². The third-order valence-corrected chi connectivity index (χ3v) is 2.06. The highest BCUT2D eigenvalue weighted by molar-refractivity contribution is 5.70. The Balaban J connectivity index is 2.26. The summed E-state index contributed by atoms with van der Waals surface area (Å²) >= 11 is 0. The molecule has 1 aliphatic heterocycles. The Bertz CT molecular complexity index is 247. The molecule has 78 valence electrons. The summed E-state index contributed by atoms with van der Waals surface area (Å²) in [5, 5.41) is 8.55. The predicted octanol–water partition coefficient (Wildman–Crippen LogP) is 0.282. The zero-order valence-electron chi connectivity index (χ0n) is 8.56. The van der Waals surface area contributed by atoms with E-state index in [9.17, 15) is 4.79 Å². The minimum atomic E-state index is -0.582. The molecule has 0 spiro atoms. The zero-order valence-corrected chi connectivity index (χ0v) is 8.56. The highest BCUT2D eigenvalue weighted by Crippen LogP contribution is 2.10. The molecule has 1 aliphatic rings. The van der Waals surface area contributed by atoms with E-state index in [1.54, 1.807) is 4.90 Å². The molecule has 1 heterocycles. The lowest BCUT2D eigenvalue weighted by atomic mass is 10.3. The number of nitriles is 1. The Morgan fingerprint density at radius 3 is 2.93 bits per heavy atom. The van der Waals surface area contributed by atoms with Crippen LogP contribution in [0.15, 0.2) is 0 Å². The maximum absolute atomic E-state index is 11.2. The smallest absolute Gasteiger partial charge is 0.411 e. The van der Waals surface area contributed by atoms with Crippen LogP contribution in [-0.4, -0.2) is 55.7 Å². The summed E-state index contributed by atoms with van der Waals surface area (Å²) in [5.41, 5.74) is 0. The van der Waals surface area contributed by atoms with Crippen LogP contribution in [0.25, 0.3) is 0 Å². The van der Waals surface area contributed by atoms with Gasteiger partial charge in [-0.15, -0.1) is 0 Å². The Morgan fingerprint density at radius 2 is 2.43 bits per heavy atom. The van der Waals surface area contributed by atoms with Crippen LogP contribution >= 0.6 is 0 Å². The molecule has 1 fully saturated rings. The molecule has 0 aliphatic carbocycles. The Hall–Kier alpha value is -1.28. The van der Waals surface area contributed by atoms with E-state index in [1.807, 2.05) is 20.2 Å². The second kappa shape index (κ2) is 4.82. The first-order valence-corrected chi connectivity index (χ1v) is 4.63. The van der Waals surface area contributed by atoms with Crippen molar-refractivity contribution in [1.82, 2.24) is 9.80 Å². The van der Waals surface area contributed by atoms with E-state index in [1.165, 1.54) is 0 Å². The predicted molar refractivity (Wildman–Crippen MR) is 50.6 cm³/mol. The normalized spacial score (nSPS) is 21.1. The van der Waals surface area contributed by atoms with Gasteiger partial charge in [0.15, 0.2) is 0 Å². The van der Waals surface area contributed by atoms with Crippen LogP contribution < -0.4 is 0 Å². The van der Waals surface area contributed by atoms with E-state index >= 15 is 0 Å². The first-order chi connectivity index (χ1) is 6.63. The summed E-state index contributed by atoms with van der Waals surface area (Å²) in [6, 6.07) is 1.93. The number of rotatable bonds is 4. The van der Waals surface area contributed by atoms with Crippen molar-refractivity contribution in [1.29, 1.82) is 5.26 Å². The summed E-state index contributed by atoms with van der Waals surface area (Å²) in [6.07, 6.45) is -0.0440. The molecular weight excluding hydrogens is 182 g/mol. The number of cyclic esters (lactones) is 1. The third kappa shape index (κ3) is 2.89. The number of hydrogen-bond acceptors (Lipinski definition) is 4. The fourth-order valence-corrected chi connectivity index (χ4v) is 1.34. The van der Waals surface area contributed by atoms with Gasteiger partial charge < -0.3 is 14.5 Å². The van der Waals surface area contributed by atoms with Gasteiger partial charge in [-0.2, -0.15) is 5.26 Å². The number of hydrogen-bond donors (Lipinski definition) is 0. The van der Waals surface area contributed by atoms with Gasteiger partial charge in [0.25, 0.3) is 0 Å². The lowest BCUT2D eigenvalue weighted by Gasteiger charge is -2.14. The molecule has 0 aromatic heterocycles. The van der Waals surface area contributed by atoms with Gasteiger partial charge in [-0.3, -0.25) is 0 Å². The fourth-order valence-electron chi connectivity index (χ4n) is 1.34. The van der Waals surface area contributed by atoms with Gasteiger partial charge in [0, 0.05) is 6.54 Å². The molecule has 1 amide bonds. The maximum atomic E-state index is 11.2. The summed E-state index contributed by atoms with van der Waals surface area (Å²) in [6.45, 7) is 2.00. The van der Waals surface area contributed by atoms with Gasteiger partial charge in [-0.1, -0.05) is 0 Å². The molecule has 1 rings (SSSR count). The van der Waals surface area contributed by atoms with Crippen LogP contribution in [0, 0.1) is 11.3 Å². The van der Waals surface area contributed by atoms with E-state index in [-0.39, 0.29) is 6.09 Å². The van der Waals surface area contributed by atoms with Crippen LogP contribution in [-0.2, 0) is 4.74 Å². The van der Waals surface area contributed by atoms with Crippen molar-refractivity contribution < 1.29 is 9.53 Å². The highest BCUT2D eigenvalue weighted by Gasteiger charge is 2.30. The standard InChI is InChI=1S/C9H15N3O2/c1-11(2)4-3-5-12-7-8(6-10)14-9(12)13/h8H,3-5,7H2,1-2H3. The molecule has 1 saturated heterocycles. The number of amides is 1. The van der Waals surface area contributed by atoms with Gasteiger partial charge >= 0.3 is 6.09 Å². The third-order valence-electron chi connectivity index (χ3n) is 2.06. The number of nitrogens with zero attached hydrogens (tertiary/aromatic N) is 3. The quantitative estimate of drug-likeness (QED) is 0.649. The largest absolute Gasteiger partial charge is 0.429 e. The minimum Gasteiger partial charge on any atom is -0.429 e. The molecule has 0 radical (unpaired) electrons. The van der Waals surface area contributed by atoms with Crippen molar-refractivity contribution in [3.63, 3.8) is 0 Å². The van der Waals surface area contributed by atoms with E-state index < -0.39 is 6.10 Å². The maximum Gasteiger partial charge on any atom is 0.411 e. The van der Waals surface area contributed by atoms with Gasteiger partial charge in [0.05, 0.1) is 6.54 Å².